The second-order valence-electron chi connectivity index (χ2n) is 7.21. The number of carbonyl (C=O) groups excluding carboxylic acids is 2. The van der Waals surface area contributed by atoms with Crippen LogP contribution < -0.4 is 5.32 Å². The molecule has 0 saturated carbocycles. The number of anilines is 1. The number of hydrogen-bond acceptors (Lipinski definition) is 7. The number of aromatic nitrogens is 1. The van der Waals surface area contributed by atoms with E-state index < -0.39 is 12.2 Å². The van der Waals surface area contributed by atoms with Crippen molar-refractivity contribution in [2.24, 2.45) is 0 Å². The van der Waals surface area contributed by atoms with Gasteiger partial charge in [0, 0.05) is 16.3 Å². The Labute approximate surface area is 190 Å². The third kappa shape index (κ3) is 6.04. The highest BCUT2D eigenvalue weighted by Crippen LogP contribution is 2.33. The lowest BCUT2D eigenvalue weighted by atomic mass is 10.1. The molecule has 1 aromatic heterocycles. The molecule has 1 heterocycles. The summed E-state index contributed by atoms with van der Waals surface area (Å²) in [7, 11) is 1.38. The normalized spacial score (nSPS) is 15.5. The number of esters is 1. The first-order valence-electron chi connectivity index (χ1n) is 9.97. The monoisotopic (exact) mass is 464 g/mol. The van der Waals surface area contributed by atoms with E-state index >= 15 is 0 Å². The highest BCUT2D eigenvalue weighted by atomic mass is 35.5. The first kappa shape index (κ1) is 23.2. The van der Waals surface area contributed by atoms with Crippen molar-refractivity contribution in [1.29, 1.82) is 0 Å². The Morgan fingerprint density at radius 1 is 1.32 bits per heavy atom. The molecule has 0 saturated heterocycles. The molecule has 3 rings (SSSR count). The molecule has 0 fully saturated rings. The van der Waals surface area contributed by atoms with E-state index in [2.05, 4.69) is 10.5 Å². The van der Waals surface area contributed by atoms with Crippen molar-refractivity contribution >= 4 is 41.1 Å². The van der Waals surface area contributed by atoms with Crippen LogP contribution in [0.25, 0.3) is 11.3 Å². The van der Waals surface area contributed by atoms with Crippen LogP contribution in [0, 0.1) is 0 Å². The van der Waals surface area contributed by atoms with Crippen LogP contribution in [0.4, 0.5) is 10.5 Å². The van der Waals surface area contributed by atoms with Crippen LogP contribution in [0.2, 0.25) is 0 Å². The maximum Gasteiger partial charge on any atom is 0.412 e. The Morgan fingerprint density at radius 3 is 2.84 bits per heavy atom. The number of rotatable bonds is 8. The molecule has 7 nitrogen and oxygen atoms in total. The van der Waals surface area contributed by atoms with E-state index in [-0.39, 0.29) is 11.2 Å². The fourth-order valence-electron chi connectivity index (χ4n) is 3.32. The van der Waals surface area contributed by atoms with Crippen LogP contribution in [0.1, 0.15) is 38.7 Å². The topological polar surface area (TPSA) is 90.7 Å². The lowest BCUT2D eigenvalue weighted by molar-refractivity contribution is -0.139. The van der Waals surface area contributed by atoms with Gasteiger partial charge in [0.05, 0.1) is 12.4 Å². The van der Waals surface area contributed by atoms with Crippen LogP contribution in [-0.4, -0.2) is 35.7 Å². The van der Waals surface area contributed by atoms with Gasteiger partial charge < -0.3 is 14.0 Å². The molecule has 166 valence electrons. The molecule has 1 aromatic carbocycles. The molecule has 1 aliphatic carbocycles. The van der Waals surface area contributed by atoms with E-state index in [1.54, 1.807) is 6.92 Å². The third-order valence-corrected chi connectivity index (χ3v) is 6.63. The Morgan fingerprint density at radius 2 is 2.13 bits per heavy atom. The van der Waals surface area contributed by atoms with Crippen molar-refractivity contribution in [2.75, 3.05) is 12.4 Å². The fourth-order valence-corrected chi connectivity index (χ4v) is 4.56. The van der Waals surface area contributed by atoms with Gasteiger partial charge in [-0.25, -0.2) is 4.79 Å². The van der Waals surface area contributed by atoms with Gasteiger partial charge in [-0.2, -0.15) is 0 Å². The van der Waals surface area contributed by atoms with Crippen molar-refractivity contribution in [3.63, 3.8) is 0 Å². The molecule has 9 heteroatoms. The zero-order valence-electron chi connectivity index (χ0n) is 17.6. The second kappa shape index (κ2) is 10.7. The Balaban J connectivity index is 1.65. The summed E-state index contributed by atoms with van der Waals surface area (Å²) >= 11 is 7.68. The molecular formula is C22H25ClN2O5S. The lowest BCUT2D eigenvalue weighted by Crippen LogP contribution is -2.21. The van der Waals surface area contributed by atoms with Crippen molar-refractivity contribution in [3.05, 3.63) is 46.7 Å². The summed E-state index contributed by atoms with van der Waals surface area (Å²) in [5.41, 5.74) is 3.66. The zero-order chi connectivity index (χ0) is 22.4. The molecule has 1 amide bonds. The van der Waals surface area contributed by atoms with Gasteiger partial charge in [-0.3, -0.25) is 10.1 Å². The molecule has 1 N–H and O–H groups in total. The van der Waals surface area contributed by atoms with Gasteiger partial charge in [0.1, 0.15) is 23.7 Å². The van der Waals surface area contributed by atoms with E-state index in [4.69, 9.17) is 25.6 Å². The minimum absolute atomic E-state index is 0.258. The standard InChI is InChI=1S/C22H25ClN2O5S/c1-13(17-8-5-9-18(17)23)30-22(27)24-19-11-29-25-20(19)16-7-4-6-15(10-16)12-31-14(2)21(26)28-3/h4,6-7,10-11,13-14H,5,8-9,12H2,1-3H3,(H,24,27). The number of thioether (sulfide) groups is 1. The quantitative estimate of drug-likeness (QED) is 0.497. The third-order valence-electron chi connectivity index (χ3n) is 5.01. The number of carbonyl (C=O) groups is 2. The number of amides is 1. The summed E-state index contributed by atoms with van der Waals surface area (Å²) in [5.74, 6) is 0.367. The fraction of sp³-hybridized carbons (Fsp3) is 0.409. The van der Waals surface area contributed by atoms with Crippen molar-refractivity contribution < 1.29 is 23.6 Å². The molecule has 1 aliphatic rings. The maximum atomic E-state index is 12.4. The highest BCUT2D eigenvalue weighted by Gasteiger charge is 2.23. The Bertz CT molecular complexity index is 974. The number of halogens is 1. The van der Waals surface area contributed by atoms with Gasteiger partial charge in [0.25, 0.3) is 0 Å². The largest absolute Gasteiger partial charge is 0.468 e. The van der Waals surface area contributed by atoms with Crippen LogP contribution in [-0.2, 0) is 20.0 Å². The van der Waals surface area contributed by atoms with Crippen LogP contribution in [0.15, 0.2) is 45.7 Å². The maximum absolute atomic E-state index is 12.4. The van der Waals surface area contributed by atoms with Gasteiger partial charge in [-0.05, 0) is 50.3 Å². The number of benzene rings is 1. The van der Waals surface area contributed by atoms with Gasteiger partial charge in [-0.1, -0.05) is 35.0 Å². The molecule has 2 atom stereocenters. The van der Waals surface area contributed by atoms with E-state index in [9.17, 15) is 9.59 Å². The van der Waals surface area contributed by atoms with Crippen molar-refractivity contribution in [2.45, 2.75) is 50.2 Å². The summed E-state index contributed by atoms with van der Waals surface area (Å²) in [4.78, 5) is 24.0. The SMILES string of the molecule is COC(=O)C(C)SCc1cccc(-c2nocc2NC(=O)OC(C)C2=C(Cl)CCC2)c1. The number of nitrogens with zero attached hydrogens (tertiary/aromatic N) is 1. The summed E-state index contributed by atoms with van der Waals surface area (Å²) in [5, 5.41) is 7.24. The van der Waals surface area contributed by atoms with Gasteiger partial charge in [0.2, 0.25) is 0 Å². The second-order valence-corrected chi connectivity index (χ2v) is 9.00. The average Bonchev–Trinajstić information content (AvgIpc) is 3.40. The molecule has 0 bridgehead atoms. The van der Waals surface area contributed by atoms with Crippen molar-refractivity contribution in [3.8, 4) is 11.3 Å². The Kier molecular flexibility index (Phi) is 8.03. The van der Waals surface area contributed by atoms with E-state index in [1.807, 2.05) is 31.2 Å². The first-order chi connectivity index (χ1) is 14.9. The predicted octanol–water partition coefficient (Wildman–Crippen LogP) is 5.75. The minimum Gasteiger partial charge on any atom is -0.468 e. The summed E-state index contributed by atoms with van der Waals surface area (Å²) < 4.78 is 15.3. The minimum atomic E-state index is -0.598. The number of ether oxygens (including phenoxy) is 2. The zero-order valence-corrected chi connectivity index (χ0v) is 19.2. The van der Waals surface area contributed by atoms with E-state index in [0.717, 1.165) is 41.0 Å². The van der Waals surface area contributed by atoms with E-state index in [0.29, 0.717) is 17.1 Å². The van der Waals surface area contributed by atoms with Gasteiger partial charge >= 0.3 is 12.1 Å². The summed E-state index contributed by atoms with van der Waals surface area (Å²) in [6, 6.07) is 7.67. The summed E-state index contributed by atoms with van der Waals surface area (Å²) in [6.45, 7) is 3.62. The van der Waals surface area contributed by atoms with Gasteiger partial charge in [-0.15, -0.1) is 11.8 Å². The smallest absolute Gasteiger partial charge is 0.412 e. The van der Waals surface area contributed by atoms with Crippen LogP contribution in [0.5, 0.6) is 0 Å². The predicted molar refractivity (Wildman–Crippen MR) is 121 cm³/mol. The first-order valence-corrected chi connectivity index (χ1v) is 11.4. The lowest BCUT2D eigenvalue weighted by Gasteiger charge is -2.15. The number of hydrogen-bond donors (Lipinski definition) is 1. The van der Waals surface area contributed by atoms with Crippen LogP contribution >= 0.6 is 23.4 Å². The van der Waals surface area contributed by atoms with E-state index in [1.165, 1.54) is 25.1 Å². The number of methoxy groups -OCH3 is 1. The molecular weight excluding hydrogens is 440 g/mol. The van der Waals surface area contributed by atoms with Crippen LogP contribution in [0.3, 0.4) is 0 Å². The molecule has 2 aromatic rings. The van der Waals surface area contributed by atoms with Crippen molar-refractivity contribution in [1.82, 2.24) is 5.16 Å². The molecule has 31 heavy (non-hydrogen) atoms. The summed E-state index contributed by atoms with van der Waals surface area (Å²) in [6.07, 6.45) is 3.02. The Hall–Kier alpha value is -2.45. The highest BCUT2D eigenvalue weighted by molar-refractivity contribution is 7.99. The van der Waals surface area contributed by atoms with Gasteiger partial charge in [0.15, 0.2) is 0 Å². The molecule has 0 spiro atoms. The molecule has 0 radical (unpaired) electrons. The molecule has 2 unspecified atom stereocenters. The number of allylic oxidation sites excluding steroid dienone is 1. The number of nitrogens with one attached hydrogen (secondary N) is 1. The molecule has 0 aliphatic heterocycles. The average molecular weight is 465 g/mol.